The monoisotopic (exact) mass is 255 g/mol. The first-order valence-corrected chi connectivity index (χ1v) is 6.25. The molecule has 1 aromatic rings. The van der Waals surface area contributed by atoms with Gasteiger partial charge in [-0.05, 0) is 24.7 Å². The molecule has 1 N–H and O–H groups in total. The third-order valence-electron chi connectivity index (χ3n) is 3.08. The van der Waals surface area contributed by atoms with Crippen molar-refractivity contribution in [2.24, 2.45) is 0 Å². The van der Waals surface area contributed by atoms with E-state index < -0.39 is 6.10 Å². The lowest BCUT2D eigenvalue weighted by molar-refractivity contribution is -0.0823. The van der Waals surface area contributed by atoms with E-state index in [1.165, 1.54) is 0 Å². The van der Waals surface area contributed by atoms with Gasteiger partial charge in [0, 0.05) is 24.5 Å². The maximum absolute atomic E-state index is 10.1. The molecule has 1 aliphatic rings. The number of rotatable bonds is 3. The van der Waals surface area contributed by atoms with Crippen molar-refractivity contribution in [3.05, 3.63) is 34.9 Å². The lowest BCUT2D eigenvalue weighted by Crippen LogP contribution is -2.46. The molecule has 0 aliphatic carbocycles. The Morgan fingerprint density at radius 2 is 2.18 bits per heavy atom. The van der Waals surface area contributed by atoms with Crippen molar-refractivity contribution >= 4 is 11.6 Å². The van der Waals surface area contributed by atoms with Crippen molar-refractivity contribution in [1.29, 1.82) is 0 Å². The maximum Gasteiger partial charge on any atom is 0.0964 e. The number of hydrogen-bond donors (Lipinski definition) is 1. The third kappa shape index (κ3) is 3.68. The van der Waals surface area contributed by atoms with Crippen LogP contribution in [0.1, 0.15) is 5.56 Å². The van der Waals surface area contributed by atoms with E-state index in [-0.39, 0.29) is 6.10 Å². The van der Waals surface area contributed by atoms with Crippen LogP contribution in [-0.2, 0) is 11.2 Å². The summed E-state index contributed by atoms with van der Waals surface area (Å²) in [5, 5.41) is 10.8. The van der Waals surface area contributed by atoms with Gasteiger partial charge in [0.1, 0.15) is 0 Å². The standard InChI is InChI=1S/C13H18ClNO2/c1-15-6-7-17-13(9-15)12(16)8-10-2-4-11(14)5-3-10/h2-5,12-13,16H,6-9H2,1H3. The zero-order valence-corrected chi connectivity index (χ0v) is 10.7. The predicted octanol–water partition coefficient (Wildman–Crippen LogP) is 1.57. The molecule has 2 atom stereocenters. The van der Waals surface area contributed by atoms with Crippen LogP contribution in [0.25, 0.3) is 0 Å². The lowest BCUT2D eigenvalue weighted by Gasteiger charge is -2.33. The Bertz CT molecular complexity index is 355. The minimum Gasteiger partial charge on any atom is -0.390 e. The second-order valence-corrected chi connectivity index (χ2v) is 5.01. The Kier molecular flexibility index (Phi) is 4.40. The summed E-state index contributed by atoms with van der Waals surface area (Å²) < 4.78 is 5.59. The van der Waals surface area contributed by atoms with E-state index in [2.05, 4.69) is 4.90 Å². The fourth-order valence-corrected chi connectivity index (χ4v) is 2.16. The van der Waals surface area contributed by atoms with Gasteiger partial charge in [-0.2, -0.15) is 0 Å². The highest BCUT2D eigenvalue weighted by Crippen LogP contribution is 2.15. The van der Waals surface area contributed by atoms with Crippen LogP contribution in [0.4, 0.5) is 0 Å². The number of nitrogens with zero attached hydrogens (tertiary/aromatic N) is 1. The van der Waals surface area contributed by atoms with Crippen LogP contribution >= 0.6 is 11.6 Å². The number of hydrogen-bond acceptors (Lipinski definition) is 3. The number of aliphatic hydroxyl groups is 1. The molecule has 0 spiro atoms. The van der Waals surface area contributed by atoms with Crippen LogP contribution in [0.5, 0.6) is 0 Å². The molecule has 0 bridgehead atoms. The molecule has 0 saturated carbocycles. The van der Waals surface area contributed by atoms with Crippen molar-refractivity contribution in [1.82, 2.24) is 4.90 Å². The average molecular weight is 256 g/mol. The van der Waals surface area contributed by atoms with Gasteiger partial charge in [-0.3, -0.25) is 0 Å². The zero-order valence-electron chi connectivity index (χ0n) is 9.97. The van der Waals surface area contributed by atoms with Crippen molar-refractivity contribution in [3.63, 3.8) is 0 Å². The van der Waals surface area contributed by atoms with E-state index in [9.17, 15) is 5.11 Å². The average Bonchev–Trinajstić information content (AvgIpc) is 2.32. The van der Waals surface area contributed by atoms with Gasteiger partial charge in [-0.25, -0.2) is 0 Å². The number of benzene rings is 1. The van der Waals surface area contributed by atoms with Crippen molar-refractivity contribution in [2.75, 3.05) is 26.7 Å². The van der Waals surface area contributed by atoms with E-state index in [4.69, 9.17) is 16.3 Å². The topological polar surface area (TPSA) is 32.7 Å². The van der Waals surface area contributed by atoms with Crippen LogP contribution in [-0.4, -0.2) is 49.0 Å². The smallest absolute Gasteiger partial charge is 0.0964 e. The van der Waals surface area contributed by atoms with Gasteiger partial charge in [0.2, 0.25) is 0 Å². The first-order chi connectivity index (χ1) is 8.15. The molecule has 1 fully saturated rings. The number of likely N-dealkylation sites (N-methyl/N-ethyl adjacent to an activating group) is 1. The van der Waals surface area contributed by atoms with Gasteiger partial charge >= 0.3 is 0 Å². The third-order valence-corrected chi connectivity index (χ3v) is 3.34. The summed E-state index contributed by atoms with van der Waals surface area (Å²) in [5.41, 5.74) is 1.08. The van der Waals surface area contributed by atoms with Crippen molar-refractivity contribution in [2.45, 2.75) is 18.6 Å². The summed E-state index contributed by atoms with van der Waals surface area (Å²) in [6.45, 7) is 2.41. The normalized spacial score (nSPS) is 23.6. The predicted molar refractivity (Wildman–Crippen MR) is 68.4 cm³/mol. The Hall–Kier alpha value is -0.610. The number of ether oxygens (including phenoxy) is 1. The molecule has 17 heavy (non-hydrogen) atoms. The molecule has 0 radical (unpaired) electrons. The van der Waals surface area contributed by atoms with Crippen molar-refractivity contribution in [3.8, 4) is 0 Å². The van der Waals surface area contributed by atoms with E-state index in [0.29, 0.717) is 13.0 Å². The molecule has 0 amide bonds. The highest BCUT2D eigenvalue weighted by Gasteiger charge is 2.25. The summed E-state index contributed by atoms with van der Waals surface area (Å²) in [6, 6.07) is 7.57. The minimum absolute atomic E-state index is 0.0931. The van der Waals surface area contributed by atoms with Crippen LogP contribution in [0, 0.1) is 0 Å². The molecule has 1 heterocycles. The first kappa shape index (κ1) is 12.8. The van der Waals surface area contributed by atoms with Gasteiger partial charge in [0.15, 0.2) is 0 Å². The van der Waals surface area contributed by atoms with E-state index in [1.807, 2.05) is 31.3 Å². The molecular weight excluding hydrogens is 238 g/mol. The number of halogens is 1. The largest absolute Gasteiger partial charge is 0.390 e. The summed E-state index contributed by atoms with van der Waals surface area (Å²) in [7, 11) is 2.05. The van der Waals surface area contributed by atoms with Gasteiger partial charge in [0.05, 0.1) is 18.8 Å². The Morgan fingerprint density at radius 3 is 2.82 bits per heavy atom. The summed E-state index contributed by atoms with van der Waals surface area (Å²) in [4.78, 5) is 2.18. The zero-order chi connectivity index (χ0) is 12.3. The highest BCUT2D eigenvalue weighted by molar-refractivity contribution is 6.30. The maximum atomic E-state index is 10.1. The molecule has 1 aliphatic heterocycles. The second-order valence-electron chi connectivity index (χ2n) is 4.57. The highest BCUT2D eigenvalue weighted by atomic mass is 35.5. The Morgan fingerprint density at radius 1 is 1.47 bits per heavy atom. The van der Waals surface area contributed by atoms with E-state index in [0.717, 1.165) is 23.7 Å². The van der Waals surface area contributed by atoms with Crippen LogP contribution in [0.3, 0.4) is 0 Å². The van der Waals surface area contributed by atoms with Gasteiger partial charge in [-0.15, -0.1) is 0 Å². The number of aliphatic hydroxyl groups excluding tert-OH is 1. The Labute approximate surface area is 107 Å². The molecule has 4 heteroatoms. The van der Waals surface area contributed by atoms with Gasteiger partial charge in [-0.1, -0.05) is 23.7 Å². The molecular formula is C13H18ClNO2. The number of morpholine rings is 1. The summed E-state index contributed by atoms with van der Waals surface area (Å²) >= 11 is 5.82. The van der Waals surface area contributed by atoms with Crippen LogP contribution < -0.4 is 0 Å². The molecule has 94 valence electrons. The van der Waals surface area contributed by atoms with E-state index >= 15 is 0 Å². The quantitative estimate of drug-likeness (QED) is 0.890. The van der Waals surface area contributed by atoms with Gasteiger partial charge in [0.25, 0.3) is 0 Å². The second kappa shape index (κ2) is 5.83. The van der Waals surface area contributed by atoms with Gasteiger partial charge < -0.3 is 14.7 Å². The SMILES string of the molecule is CN1CCOC(C(O)Cc2ccc(Cl)cc2)C1. The van der Waals surface area contributed by atoms with E-state index in [1.54, 1.807) is 0 Å². The fraction of sp³-hybridized carbons (Fsp3) is 0.538. The summed E-state index contributed by atoms with van der Waals surface area (Å²) in [5.74, 6) is 0. The fourth-order valence-electron chi connectivity index (χ4n) is 2.04. The first-order valence-electron chi connectivity index (χ1n) is 5.88. The minimum atomic E-state index is -0.459. The molecule has 1 aromatic carbocycles. The molecule has 2 unspecified atom stereocenters. The molecule has 0 aromatic heterocycles. The summed E-state index contributed by atoms with van der Waals surface area (Å²) in [6.07, 6.45) is 0.0544. The van der Waals surface area contributed by atoms with Crippen LogP contribution in [0.15, 0.2) is 24.3 Å². The molecule has 3 nitrogen and oxygen atoms in total. The van der Waals surface area contributed by atoms with Crippen LogP contribution in [0.2, 0.25) is 5.02 Å². The lowest BCUT2D eigenvalue weighted by atomic mass is 10.0. The Balaban J connectivity index is 1.91. The molecule has 1 saturated heterocycles. The van der Waals surface area contributed by atoms with Crippen molar-refractivity contribution < 1.29 is 9.84 Å². The molecule has 2 rings (SSSR count).